The van der Waals surface area contributed by atoms with Gasteiger partial charge in [0.15, 0.2) is 0 Å². The highest BCUT2D eigenvalue weighted by molar-refractivity contribution is 5.87. The summed E-state index contributed by atoms with van der Waals surface area (Å²) in [6.07, 6.45) is 0.960. The van der Waals surface area contributed by atoms with Crippen LogP contribution >= 0.6 is 0 Å². The maximum absolute atomic E-state index is 12.0. The van der Waals surface area contributed by atoms with Gasteiger partial charge in [-0.3, -0.25) is 14.5 Å². The van der Waals surface area contributed by atoms with Crippen molar-refractivity contribution in [1.29, 1.82) is 0 Å². The molecule has 1 saturated heterocycles. The number of piperazine rings is 1. The highest BCUT2D eigenvalue weighted by atomic mass is 16.2. The maximum atomic E-state index is 12.0. The highest BCUT2D eigenvalue weighted by Gasteiger charge is 2.32. The third-order valence-corrected chi connectivity index (χ3v) is 3.98. The van der Waals surface area contributed by atoms with Crippen molar-refractivity contribution in [3.05, 3.63) is 35.9 Å². The first-order chi connectivity index (χ1) is 10.1. The number of rotatable bonds is 4. The molecule has 114 valence electrons. The second-order valence-corrected chi connectivity index (χ2v) is 5.38. The van der Waals surface area contributed by atoms with Gasteiger partial charge >= 0.3 is 0 Å². The quantitative estimate of drug-likeness (QED) is 0.878. The summed E-state index contributed by atoms with van der Waals surface area (Å²) in [7, 11) is 1.61. The third-order valence-electron chi connectivity index (χ3n) is 3.98. The molecule has 1 aliphatic rings. The summed E-state index contributed by atoms with van der Waals surface area (Å²) in [5.74, 6) is -0.124. The zero-order valence-electron chi connectivity index (χ0n) is 12.7. The lowest BCUT2D eigenvalue weighted by molar-refractivity contribution is -0.142. The fraction of sp³-hybridized carbons (Fsp3) is 0.500. The molecule has 1 atom stereocenters. The molecular weight excluding hydrogens is 266 g/mol. The molecule has 0 saturated carbocycles. The smallest absolute Gasteiger partial charge is 0.243 e. The fourth-order valence-corrected chi connectivity index (χ4v) is 2.74. The van der Waals surface area contributed by atoms with E-state index in [1.165, 1.54) is 12.5 Å². The van der Waals surface area contributed by atoms with Crippen molar-refractivity contribution < 1.29 is 9.59 Å². The monoisotopic (exact) mass is 289 g/mol. The van der Waals surface area contributed by atoms with Crippen LogP contribution in [0.3, 0.4) is 0 Å². The molecule has 1 fully saturated rings. The van der Waals surface area contributed by atoms with E-state index >= 15 is 0 Å². The molecule has 0 radical (unpaired) electrons. The Balaban J connectivity index is 1.94. The number of nitrogens with one attached hydrogen (secondary N) is 1. The minimum atomic E-state index is -0.378. The van der Waals surface area contributed by atoms with E-state index in [0.29, 0.717) is 13.1 Å². The number of likely N-dealkylation sites (N-methyl/N-ethyl adjacent to an activating group) is 1. The first-order valence-electron chi connectivity index (χ1n) is 7.37. The van der Waals surface area contributed by atoms with Crippen LogP contribution in [-0.4, -0.2) is 60.9 Å². The van der Waals surface area contributed by atoms with E-state index in [9.17, 15) is 9.59 Å². The average Bonchev–Trinajstić information content (AvgIpc) is 2.52. The molecule has 1 aliphatic heterocycles. The Hall–Kier alpha value is -1.88. The molecule has 0 aliphatic carbocycles. The number of carbonyl (C=O) groups is 2. The van der Waals surface area contributed by atoms with E-state index in [4.69, 9.17) is 0 Å². The van der Waals surface area contributed by atoms with E-state index in [0.717, 1.165) is 19.5 Å². The van der Waals surface area contributed by atoms with E-state index in [2.05, 4.69) is 22.3 Å². The number of hydrogen-bond acceptors (Lipinski definition) is 3. The lowest BCUT2D eigenvalue weighted by atomic mass is 10.1. The normalized spacial score (nSPS) is 19.3. The second kappa shape index (κ2) is 7.22. The van der Waals surface area contributed by atoms with Crippen LogP contribution in [0.1, 0.15) is 12.5 Å². The number of carbonyl (C=O) groups excluding carboxylic acids is 2. The summed E-state index contributed by atoms with van der Waals surface area (Å²) in [6, 6.07) is 9.94. The summed E-state index contributed by atoms with van der Waals surface area (Å²) in [5, 5.41) is 2.65. The Labute approximate surface area is 125 Å². The number of hydrogen-bond donors (Lipinski definition) is 1. The molecule has 2 rings (SSSR count). The van der Waals surface area contributed by atoms with Crippen LogP contribution in [0.2, 0.25) is 0 Å². The fourth-order valence-electron chi connectivity index (χ4n) is 2.74. The first-order valence-corrected chi connectivity index (χ1v) is 7.37. The van der Waals surface area contributed by atoms with Gasteiger partial charge in [0.05, 0.1) is 0 Å². The molecule has 0 aromatic heterocycles. The van der Waals surface area contributed by atoms with Crippen molar-refractivity contribution >= 4 is 11.8 Å². The summed E-state index contributed by atoms with van der Waals surface area (Å²) >= 11 is 0. The van der Waals surface area contributed by atoms with Gasteiger partial charge in [0.2, 0.25) is 11.8 Å². The lowest BCUT2D eigenvalue weighted by Gasteiger charge is -2.40. The Morgan fingerprint density at radius 1 is 1.24 bits per heavy atom. The summed E-state index contributed by atoms with van der Waals surface area (Å²) in [6.45, 7) is 4.47. The Morgan fingerprint density at radius 3 is 2.57 bits per heavy atom. The SMILES string of the molecule is CNC(=O)[C@@H]1CN(CCc2ccccc2)CCN1C(C)=O. The number of amides is 2. The van der Waals surface area contributed by atoms with E-state index in [1.54, 1.807) is 11.9 Å². The zero-order chi connectivity index (χ0) is 15.2. The van der Waals surface area contributed by atoms with Gasteiger partial charge in [-0.15, -0.1) is 0 Å². The van der Waals surface area contributed by atoms with E-state index in [1.807, 2.05) is 18.2 Å². The first kappa shape index (κ1) is 15.5. The molecule has 1 aromatic carbocycles. The van der Waals surface area contributed by atoms with E-state index < -0.39 is 0 Å². The van der Waals surface area contributed by atoms with E-state index in [-0.39, 0.29) is 17.9 Å². The van der Waals surface area contributed by atoms with Gasteiger partial charge in [-0.2, -0.15) is 0 Å². The molecular formula is C16H23N3O2. The molecule has 1 aromatic rings. The summed E-state index contributed by atoms with van der Waals surface area (Å²) in [5.41, 5.74) is 1.29. The standard InChI is InChI=1S/C16H23N3O2/c1-13(20)19-11-10-18(12-15(19)16(21)17-2)9-8-14-6-4-3-5-7-14/h3-7,15H,8-12H2,1-2H3,(H,17,21)/t15-/m0/s1. The lowest BCUT2D eigenvalue weighted by Crippen LogP contribution is -2.60. The maximum Gasteiger partial charge on any atom is 0.243 e. The van der Waals surface area contributed by atoms with Crippen molar-refractivity contribution in [1.82, 2.24) is 15.1 Å². The molecule has 21 heavy (non-hydrogen) atoms. The minimum Gasteiger partial charge on any atom is -0.357 e. The Bertz CT molecular complexity index is 490. The molecule has 5 nitrogen and oxygen atoms in total. The molecule has 5 heteroatoms. The zero-order valence-corrected chi connectivity index (χ0v) is 12.7. The van der Waals surface area contributed by atoms with Gasteiger partial charge in [-0.05, 0) is 12.0 Å². The van der Waals surface area contributed by atoms with Gasteiger partial charge < -0.3 is 10.2 Å². The van der Waals surface area contributed by atoms with Crippen LogP contribution in [0, 0.1) is 0 Å². The average molecular weight is 289 g/mol. The predicted molar refractivity (Wildman–Crippen MR) is 81.8 cm³/mol. The van der Waals surface area contributed by atoms with Gasteiger partial charge in [0.25, 0.3) is 0 Å². The minimum absolute atomic E-state index is 0.0358. The van der Waals surface area contributed by atoms with Crippen molar-refractivity contribution in [3.8, 4) is 0 Å². The largest absolute Gasteiger partial charge is 0.357 e. The molecule has 1 N–H and O–H groups in total. The second-order valence-electron chi connectivity index (χ2n) is 5.38. The van der Waals surface area contributed by atoms with Crippen LogP contribution in [-0.2, 0) is 16.0 Å². The van der Waals surface area contributed by atoms with Gasteiger partial charge in [0, 0.05) is 40.2 Å². The topological polar surface area (TPSA) is 52.7 Å². The van der Waals surface area contributed by atoms with Crippen LogP contribution in [0.15, 0.2) is 30.3 Å². The molecule has 0 unspecified atom stereocenters. The van der Waals surface area contributed by atoms with Crippen LogP contribution < -0.4 is 5.32 Å². The Morgan fingerprint density at radius 2 is 1.95 bits per heavy atom. The molecule has 0 bridgehead atoms. The van der Waals surface area contributed by atoms with Gasteiger partial charge in [-0.1, -0.05) is 30.3 Å². The number of nitrogens with zero attached hydrogens (tertiary/aromatic N) is 2. The molecule has 0 spiro atoms. The van der Waals surface area contributed by atoms with Crippen molar-refractivity contribution in [3.63, 3.8) is 0 Å². The summed E-state index contributed by atoms with van der Waals surface area (Å²) < 4.78 is 0. The van der Waals surface area contributed by atoms with Gasteiger partial charge in [0.1, 0.15) is 6.04 Å². The van der Waals surface area contributed by atoms with Gasteiger partial charge in [-0.25, -0.2) is 0 Å². The van der Waals surface area contributed by atoms with Crippen LogP contribution in [0.25, 0.3) is 0 Å². The van der Waals surface area contributed by atoms with Crippen LogP contribution in [0.5, 0.6) is 0 Å². The predicted octanol–water partition coefficient (Wildman–Crippen LogP) is 0.508. The van der Waals surface area contributed by atoms with Crippen molar-refractivity contribution in [2.45, 2.75) is 19.4 Å². The highest BCUT2D eigenvalue weighted by Crippen LogP contribution is 2.12. The molecule has 2 amide bonds. The van der Waals surface area contributed by atoms with Crippen molar-refractivity contribution in [2.75, 3.05) is 33.2 Å². The van der Waals surface area contributed by atoms with Crippen LogP contribution in [0.4, 0.5) is 0 Å². The Kier molecular flexibility index (Phi) is 5.33. The summed E-state index contributed by atoms with van der Waals surface area (Å²) in [4.78, 5) is 27.5. The van der Waals surface area contributed by atoms with Crippen molar-refractivity contribution in [2.24, 2.45) is 0 Å². The number of benzene rings is 1. The molecule has 1 heterocycles. The third kappa shape index (κ3) is 4.04.